The molecule has 0 fully saturated rings. The Hall–Kier alpha value is -4.16. The average Bonchev–Trinajstić information content (AvgIpc) is 3.46. The molecule has 2 aromatic heterocycles. The molecular formula is C27H24N2O6S. The van der Waals surface area contributed by atoms with Gasteiger partial charge in [0.1, 0.15) is 28.2 Å². The van der Waals surface area contributed by atoms with Crippen molar-refractivity contribution in [2.75, 3.05) is 11.9 Å². The Balaban J connectivity index is 1.61. The van der Waals surface area contributed by atoms with Crippen LogP contribution >= 0.6 is 11.3 Å². The highest BCUT2D eigenvalue weighted by Gasteiger charge is 2.28. The summed E-state index contributed by atoms with van der Waals surface area (Å²) in [6.45, 7) is 3.63. The number of carboxylic acid groups (broad SMARTS) is 1. The molecule has 3 aromatic rings. The Labute approximate surface area is 211 Å². The number of nitrogens with one attached hydrogen (secondary N) is 1. The van der Waals surface area contributed by atoms with Gasteiger partial charge in [-0.3, -0.25) is 4.79 Å². The van der Waals surface area contributed by atoms with Crippen LogP contribution in [0, 0.1) is 18.3 Å². The SMILES string of the molecule is CCOC(=O)c1c(NC(=O)/C(C#N)=C/c2ccc(-c3cccc(C(=O)O)c3C)o2)sc2c1CCCC2. The third kappa shape index (κ3) is 4.95. The molecule has 8 nitrogen and oxygen atoms in total. The van der Waals surface area contributed by atoms with E-state index < -0.39 is 17.8 Å². The maximum Gasteiger partial charge on any atom is 0.341 e. The van der Waals surface area contributed by atoms with Crippen molar-refractivity contribution in [2.45, 2.75) is 39.5 Å². The van der Waals surface area contributed by atoms with Crippen molar-refractivity contribution in [1.29, 1.82) is 5.26 Å². The summed E-state index contributed by atoms with van der Waals surface area (Å²) in [6.07, 6.45) is 4.87. The van der Waals surface area contributed by atoms with E-state index in [0.29, 0.717) is 27.5 Å². The highest BCUT2D eigenvalue weighted by Crippen LogP contribution is 2.39. The second-order valence-electron chi connectivity index (χ2n) is 8.24. The Morgan fingerprint density at radius 2 is 2.00 bits per heavy atom. The summed E-state index contributed by atoms with van der Waals surface area (Å²) in [7, 11) is 0. The van der Waals surface area contributed by atoms with Crippen molar-refractivity contribution >= 4 is 40.3 Å². The number of amides is 1. The molecule has 2 N–H and O–H groups in total. The van der Waals surface area contributed by atoms with Crippen molar-refractivity contribution < 1.29 is 28.6 Å². The Bertz CT molecular complexity index is 1420. The zero-order valence-electron chi connectivity index (χ0n) is 19.8. The van der Waals surface area contributed by atoms with E-state index in [0.717, 1.165) is 36.1 Å². The van der Waals surface area contributed by atoms with Gasteiger partial charge in [0.05, 0.1) is 17.7 Å². The minimum Gasteiger partial charge on any atom is -0.478 e. The van der Waals surface area contributed by atoms with Gasteiger partial charge >= 0.3 is 11.9 Å². The predicted octanol–water partition coefficient (Wildman–Crippen LogP) is 5.62. The lowest BCUT2D eigenvalue weighted by atomic mass is 9.95. The summed E-state index contributed by atoms with van der Waals surface area (Å²) >= 11 is 1.34. The molecule has 0 saturated heterocycles. The van der Waals surface area contributed by atoms with Crippen LogP contribution in [0.5, 0.6) is 0 Å². The largest absolute Gasteiger partial charge is 0.478 e. The van der Waals surface area contributed by atoms with E-state index in [2.05, 4.69) is 5.32 Å². The van der Waals surface area contributed by atoms with Gasteiger partial charge in [0.25, 0.3) is 5.91 Å². The molecule has 0 saturated carbocycles. The lowest BCUT2D eigenvalue weighted by Gasteiger charge is -2.12. The van der Waals surface area contributed by atoms with E-state index in [1.54, 1.807) is 38.1 Å². The maximum atomic E-state index is 13.0. The van der Waals surface area contributed by atoms with Crippen LogP contribution in [-0.4, -0.2) is 29.6 Å². The third-order valence-corrected chi connectivity index (χ3v) is 7.19. The fourth-order valence-corrected chi connectivity index (χ4v) is 5.52. The molecule has 0 radical (unpaired) electrons. The van der Waals surface area contributed by atoms with Crippen molar-refractivity contribution in [2.24, 2.45) is 0 Å². The van der Waals surface area contributed by atoms with Gasteiger partial charge in [0.15, 0.2) is 0 Å². The van der Waals surface area contributed by atoms with Crippen LogP contribution < -0.4 is 5.32 Å². The summed E-state index contributed by atoms with van der Waals surface area (Å²) in [5, 5.41) is 22.1. The molecule has 184 valence electrons. The number of benzene rings is 1. The highest BCUT2D eigenvalue weighted by atomic mass is 32.1. The van der Waals surface area contributed by atoms with Crippen molar-refractivity contribution in [1.82, 2.24) is 0 Å². The van der Waals surface area contributed by atoms with Crippen LogP contribution in [0.4, 0.5) is 5.00 Å². The van der Waals surface area contributed by atoms with E-state index in [-0.39, 0.29) is 23.5 Å². The van der Waals surface area contributed by atoms with Crippen LogP contribution in [0.15, 0.2) is 40.3 Å². The van der Waals surface area contributed by atoms with E-state index in [1.165, 1.54) is 23.5 Å². The number of fused-ring (bicyclic) bond motifs is 1. The Kier molecular flexibility index (Phi) is 7.36. The third-order valence-electron chi connectivity index (χ3n) is 5.99. The van der Waals surface area contributed by atoms with Crippen LogP contribution in [0.3, 0.4) is 0 Å². The number of carboxylic acids is 1. The molecule has 36 heavy (non-hydrogen) atoms. The summed E-state index contributed by atoms with van der Waals surface area (Å²) in [5.41, 5.74) is 2.39. The fourth-order valence-electron chi connectivity index (χ4n) is 4.24. The van der Waals surface area contributed by atoms with Gasteiger partial charge in [0.2, 0.25) is 0 Å². The lowest BCUT2D eigenvalue weighted by Crippen LogP contribution is -2.16. The molecule has 0 bridgehead atoms. The lowest BCUT2D eigenvalue weighted by molar-refractivity contribution is -0.112. The molecule has 0 spiro atoms. The van der Waals surface area contributed by atoms with Gasteiger partial charge in [-0.05, 0) is 68.9 Å². The van der Waals surface area contributed by atoms with E-state index in [4.69, 9.17) is 9.15 Å². The number of carbonyl (C=O) groups excluding carboxylic acids is 2. The molecule has 1 aliphatic carbocycles. The topological polar surface area (TPSA) is 130 Å². The first-order chi connectivity index (χ1) is 17.3. The molecule has 0 atom stereocenters. The maximum absolute atomic E-state index is 13.0. The minimum absolute atomic E-state index is 0.161. The zero-order valence-corrected chi connectivity index (χ0v) is 20.7. The molecule has 0 unspecified atom stereocenters. The van der Waals surface area contributed by atoms with E-state index in [1.807, 2.05) is 6.07 Å². The number of ether oxygens (including phenoxy) is 1. The van der Waals surface area contributed by atoms with Crippen LogP contribution in [0.1, 0.15) is 62.2 Å². The molecule has 2 heterocycles. The minimum atomic E-state index is -1.04. The number of anilines is 1. The van der Waals surface area contributed by atoms with Crippen molar-refractivity contribution in [3.05, 3.63) is 68.8 Å². The first-order valence-electron chi connectivity index (χ1n) is 11.5. The van der Waals surface area contributed by atoms with Crippen molar-refractivity contribution in [3.8, 4) is 17.4 Å². The molecule has 1 amide bonds. The molecule has 1 aromatic carbocycles. The fraction of sp³-hybridized carbons (Fsp3) is 0.259. The monoisotopic (exact) mass is 504 g/mol. The van der Waals surface area contributed by atoms with Crippen LogP contribution in [-0.2, 0) is 22.4 Å². The summed E-state index contributed by atoms with van der Waals surface area (Å²) in [6, 6.07) is 10.0. The number of furan rings is 1. The van der Waals surface area contributed by atoms with Crippen LogP contribution in [0.2, 0.25) is 0 Å². The first-order valence-corrected chi connectivity index (χ1v) is 12.3. The predicted molar refractivity (Wildman–Crippen MR) is 135 cm³/mol. The standard InChI is InChI=1S/C27H24N2O6S/c1-3-34-27(33)23-20-7-4-5-10-22(20)36-25(23)29-24(30)16(14-28)13-17-11-12-21(35-17)18-8-6-9-19(15(18)2)26(31)32/h6,8-9,11-13H,3-5,7,10H2,1-2H3,(H,29,30)(H,31,32)/b16-13+. The van der Waals surface area contributed by atoms with Gasteiger partial charge in [0, 0.05) is 16.5 Å². The molecule has 1 aliphatic rings. The summed E-state index contributed by atoms with van der Waals surface area (Å²) in [5.74, 6) is -1.52. The number of thiophene rings is 1. The van der Waals surface area contributed by atoms with Crippen molar-refractivity contribution in [3.63, 3.8) is 0 Å². The second-order valence-corrected chi connectivity index (χ2v) is 9.35. The van der Waals surface area contributed by atoms with Crippen LogP contribution in [0.25, 0.3) is 17.4 Å². The van der Waals surface area contributed by atoms with Gasteiger partial charge in [-0.2, -0.15) is 5.26 Å². The second kappa shape index (κ2) is 10.6. The summed E-state index contributed by atoms with van der Waals surface area (Å²) < 4.78 is 11.0. The number of hydrogen-bond acceptors (Lipinski definition) is 7. The number of aryl methyl sites for hydroxylation is 1. The average molecular weight is 505 g/mol. The number of esters is 1. The number of hydrogen-bond donors (Lipinski definition) is 2. The number of aromatic carboxylic acids is 1. The normalized spacial score (nSPS) is 13.0. The molecular weight excluding hydrogens is 480 g/mol. The van der Waals surface area contributed by atoms with Gasteiger partial charge in [-0.1, -0.05) is 12.1 Å². The Morgan fingerprint density at radius 1 is 1.22 bits per heavy atom. The summed E-state index contributed by atoms with van der Waals surface area (Å²) in [4.78, 5) is 38.1. The smallest absolute Gasteiger partial charge is 0.341 e. The van der Waals surface area contributed by atoms with E-state index in [9.17, 15) is 24.8 Å². The zero-order chi connectivity index (χ0) is 25.8. The quantitative estimate of drug-likeness (QED) is 0.243. The number of nitrogens with zero attached hydrogens (tertiary/aromatic N) is 1. The molecule has 0 aliphatic heterocycles. The number of nitriles is 1. The number of carbonyl (C=O) groups is 3. The number of rotatable bonds is 7. The van der Waals surface area contributed by atoms with Gasteiger partial charge in [-0.15, -0.1) is 11.3 Å². The first kappa shape index (κ1) is 24.9. The molecule has 4 rings (SSSR count). The molecule has 9 heteroatoms. The van der Waals surface area contributed by atoms with Gasteiger partial charge < -0.3 is 19.6 Å². The highest BCUT2D eigenvalue weighted by molar-refractivity contribution is 7.17. The van der Waals surface area contributed by atoms with Gasteiger partial charge in [-0.25, -0.2) is 9.59 Å². The van der Waals surface area contributed by atoms with E-state index >= 15 is 0 Å². The Morgan fingerprint density at radius 3 is 2.72 bits per heavy atom.